The third-order valence-electron chi connectivity index (χ3n) is 3.93. The van der Waals surface area contributed by atoms with Crippen molar-refractivity contribution >= 4 is 33.1 Å². The Morgan fingerprint density at radius 3 is 2.61 bits per heavy atom. The van der Waals surface area contributed by atoms with E-state index in [-0.39, 0.29) is 5.91 Å². The highest BCUT2D eigenvalue weighted by Crippen LogP contribution is 2.34. The van der Waals surface area contributed by atoms with Gasteiger partial charge in [-0.1, -0.05) is 46.3 Å². The molecule has 2 aromatic carbocycles. The number of benzene rings is 2. The van der Waals surface area contributed by atoms with Crippen molar-refractivity contribution in [1.29, 1.82) is 0 Å². The Kier molecular flexibility index (Phi) is 4.53. The van der Waals surface area contributed by atoms with Crippen molar-refractivity contribution < 1.29 is 4.79 Å². The van der Waals surface area contributed by atoms with E-state index < -0.39 is 0 Å². The van der Waals surface area contributed by atoms with E-state index >= 15 is 0 Å². The van der Waals surface area contributed by atoms with Gasteiger partial charge in [-0.15, -0.1) is 0 Å². The van der Waals surface area contributed by atoms with Crippen molar-refractivity contribution in [3.05, 3.63) is 70.3 Å². The average molecular weight is 371 g/mol. The number of nitrogens with one attached hydrogen (secondary N) is 1. The topological polar surface area (TPSA) is 32.3 Å². The molecular formula is C19H19BrN2O. The molecule has 0 atom stereocenters. The normalized spacial score (nSPS) is 15.0. The summed E-state index contributed by atoms with van der Waals surface area (Å²) < 4.78 is 0.970. The number of amides is 1. The molecule has 0 spiro atoms. The summed E-state index contributed by atoms with van der Waals surface area (Å²) in [5.41, 5.74) is 3.76. The minimum Gasteiger partial charge on any atom is -0.370 e. The number of hydrogen-bond acceptors (Lipinski definition) is 2. The fourth-order valence-electron chi connectivity index (χ4n) is 2.63. The number of nitrogens with zero attached hydrogens (tertiary/aromatic N) is 1. The van der Waals surface area contributed by atoms with Crippen molar-refractivity contribution in [3.63, 3.8) is 0 Å². The Morgan fingerprint density at radius 2 is 1.91 bits per heavy atom. The van der Waals surface area contributed by atoms with Gasteiger partial charge in [0.25, 0.3) is 5.91 Å². The molecule has 0 aliphatic carbocycles. The van der Waals surface area contributed by atoms with Crippen LogP contribution in [-0.2, 0) is 11.3 Å². The molecule has 0 fully saturated rings. The average Bonchev–Trinajstić information content (AvgIpc) is 2.83. The molecule has 2 aromatic rings. The van der Waals surface area contributed by atoms with E-state index in [4.69, 9.17) is 0 Å². The molecule has 4 heteroatoms. The summed E-state index contributed by atoms with van der Waals surface area (Å²) in [5, 5.41) is 2.93. The highest BCUT2D eigenvalue weighted by molar-refractivity contribution is 9.10. The van der Waals surface area contributed by atoms with Crippen LogP contribution in [-0.4, -0.2) is 16.8 Å². The number of fused-ring (bicyclic) bond motifs is 1. The number of carbonyl (C=O) groups excluding carboxylic acids is 1. The van der Waals surface area contributed by atoms with E-state index in [2.05, 4.69) is 52.1 Å². The summed E-state index contributed by atoms with van der Waals surface area (Å²) in [6.07, 6.45) is 1.98. The SMILES string of the molecule is CC(C)N(/C=C1/C(=O)Nc2ccc(Br)cc21)Cc1ccccc1. The number of rotatable bonds is 4. The van der Waals surface area contributed by atoms with Crippen molar-refractivity contribution in [2.24, 2.45) is 0 Å². The van der Waals surface area contributed by atoms with Gasteiger partial charge in [-0.2, -0.15) is 0 Å². The molecule has 1 aliphatic heterocycles. The van der Waals surface area contributed by atoms with E-state index in [1.54, 1.807) is 0 Å². The summed E-state index contributed by atoms with van der Waals surface area (Å²) >= 11 is 3.48. The Labute approximate surface area is 145 Å². The van der Waals surface area contributed by atoms with Crippen LogP contribution in [0.15, 0.2) is 59.2 Å². The Morgan fingerprint density at radius 1 is 1.17 bits per heavy atom. The van der Waals surface area contributed by atoms with Gasteiger partial charge in [-0.05, 0) is 37.6 Å². The number of hydrogen-bond donors (Lipinski definition) is 1. The standard InChI is InChI=1S/C19H19BrN2O/c1-13(2)22(11-14-6-4-3-5-7-14)12-17-16-10-15(20)8-9-18(16)21-19(17)23/h3-10,12-13H,11H2,1-2H3,(H,21,23)/b17-12+. The first-order valence-electron chi connectivity index (χ1n) is 7.67. The van der Waals surface area contributed by atoms with Gasteiger partial charge in [-0.25, -0.2) is 0 Å². The fourth-order valence-corrected chi connectivity index (χ4v) is 2.99. The lowest BCUT2D eigenvalue weighted by atomic mass is 10.1. The molecule has 1 heterocycles. The molecule has 23 heavy (non-hydrogen) atoms. The number of carbonyl (C=O) groups is 1. The Balaban J connectivity index is 1.94. The predicted octanol–water partition coefficient (Wildman–Crippen LogP) is 4.65. The van der Waals surface area contributed by atoms with Crippen LogP contribution in [0.3, 0.4) is 0 Å². The lowest BCUT2D eigenvalue weighted by molar-refractivity contribution is -0.110. The molecule has 0 radical (unpaired) electrons. The van der Waals surface area contributed by atoms with E-state index in [0.29, 0.717) is 11.6 Å². The number of anilines is 1. The van der Waals surface area contributed by atoms with Crippen LogP contribution in [0.2, 0.25) is 0 Å². The maximum Gasteiger partial charge on any atom is 0.257 e. The molecule has 0 saturated carbocycles. The third-order valence-corrected chi connectivity index (χ3v) is 4.42. The maximum atomic E-state index is 12.3. The summed E-state index contributed by atoms with van der Waals surface area (Å²) in [7, 11) is 0. The molecule has 3 nitrogen and oxygen atoms in total. The molecule has 0 saturated heterocycles. The van der Waals surface area contributed by atoms with Gasteiger partial charge in [-0.3, -0.25) is 4.79 Å². The van der Waals surface area contributed by atoms with Gasteiger partial charge in [0.15, 0.2) is 0 Å². The third kappa shape index (κ3) is 3.48. The second kappa shape index (κ2) is 6.59. The molecule has 1 aliphatic rings. The van der Waals surface area contributed by atoms with Gasteiger partial charge < -0.3 is 10.2 Å². The van der Waals surface area contributed by atoms with Crippen LogP contribution < -0.4 is 5.32 Å². The van der Waals surface area contributed by atoms with E-state index in [9.17, 15) is 4.79 Å². The zero-order valence-corrected chi connectivity index (χ0v) is 14.8. The minimum atomic E-state index is -0.0446. The monoisotopic (exact) mass is 370 g/mol. The first-order chi connectivity index (χ1) is 11.0. The quantitative estimate of drug-likeness (QED) is 0.794. The maximum absolute atomic E-state index is 12.3. The highest BCUT2D eigenvalue weighted by atomic mass is 79.9. The zero-order valence-electron chi connectivity index (χ0n) is 13.2. The number of halogens is 1. The molecule has 0 bridgehead atoms. The van der Waals surface area contributed by atoms with Crippen LogP contribution in [0.25, 0.3) is 5.57 Å². The van der Waals surface area contributed by atoms with E-state index in [1.165, 1.54) is 5.56 Å². The Bertz CT molecular complexity index is 753. The molecular weight excluding hydrogens is 352 g/mol. The molecule has 118 valence electrons. The van der Waals surface area contributed by atoms with Crippen LogP contribution in [0.1, 0.15) is 25.0 Å². The molecule has 0 aromatic heterocycles. The first-order valence-corrected chi connectivity index (χ1v) is 8.46. The second-order valence-electron chi connectivity index (χ2n) is 5.94. The first kappa shape index (κ1) is 15.8. The van der Waals surface area contributed by atoms with Crippen molar-refractivity contribution in [2.75, 3.05) is 5.32 Å². The van der Waals surface area contributed by atoms with Gasteiger partial charge >= 0.3 is 0 Å². The zero-order chi connectivity index (χ0) is 16.4. The lowest BCUT2D eigenvalue weighted by Gasteiger charge is -2.25. The van der Waals surface area contributed by atoms with Gasteiger partial charge in [0.2, 0.25) is 0 Å². The van der Waals surface area contributed by atoms with Gasteiger partial charge in [0.1, 0.15) is 0 Å². The molecule has 1 N–H and O–H groups in total. The summed E-state index contributed by atoms with van der Waals surface area (Å²) in [6.45, 7) is 5.04. The lowest BCUT2D eigenvalue weighted by Crippen LogP contribution is -2.26. The smallest absolute Gasteiger partial charge is 0.257 e. The Hall–Kier alpha value is -2.07. The molecule has 3 rings (SSSR count). The van der Waals surface area contributed by atoms with Gasteiger partial charge in [0, 0.05) is 34.5 Å². The van der Waals surface area contributed by atoms with Crippen LogP contribution in [0.5, 0.6) is 0 Å². The summed E-state index contributed by atoms with van der Waals surface area (Å²) in [6, 6.07) is 16.4. The molecule has 0 unspecified atom stereocenters. The van der Waals surface area contributed by atoms with Crippen molar-refractivity contribution in [1.82, 2.24) is 4.90 Å². The van der Waals surface area contributed by atoms with Gasteiger partial charge in [0.05, 0.1) is 5.57 Å². The van der Waals surface area contributed by atoms with Crippen molar-refractivity contribution in [3.8, 4) is 0 Å². The molecule has 1 amide bonds. The van der Waals surface area contributed by atoms with Crippen LogP contribution in [0.4, 0.5) is 5.69 Å². The summed E-state index contributed by atoms with van der Waals surface area (Å²) in [4.78, 5) is 14.5. The largest absolute Gasteiger partial charge is 0.370 e. The summed E-state index contributed by atoms with van der Waals surface area (Å²) in [5.74, 6) is -0.0446. The van der Waals surface area contributed by atoms with Crippen molar-refractivity contribution in [2.45, 2.75) is 26.4 Å². The van der Waals surface area contributed by atoms with Crippen LogP contribution >= 0.6 is 15.9 Å². The van der Waals surface area contributed by atoms with Crippen LogP contribution in [0, 0.1) is 0 Å². The predicted molar refractivity (Wildman–Crippen MR) is 97.9 cm³/mol. The minimum absolute atomic E-state index is 0.0446. The van der Waals surface area contributed by atoms with E-state index in [1.807, 2.05) is 42.6 Å². The fraction of sp³-hybridized carbons (Fsp3) is 0.211. The second-order valence-corrected chi connectivity index (χ2v) is 6.85. The highest BCUT2D eigenvalue weighted by Gasteiger charge is 2.25. The van der Waals surface area contributed by atoms with E-state index in [0.717, 1.165) is 22.3 Å².